The molecule has 0 bridgehead atoms. The third-order valence-corrected chi connectivity index (χ3v) is 4.59. The van der Waals surface area contributed by atoms with Crippen molar-refractivity contribution in [1.29, 1.82) is 0 Å². The summed E-state index contributed by atoms with van der Waals surface area (Å²) >= 11 is 0. The fourth-order valence-corrected chi connectivity index (χ4v) is 3.12. The molecule has 0 aromatic heterocycles. The molecule has 132 valence electrons. The molecule has 2 atom stereocenters. The minimum Gasteiger partial charge on any atom is -0.481 e. The summed E-state index contributed by atoms with van der Waals surface area (Å²) in [7, 11) is 1.66. The number of aliphatic carboxylic acids is 1. The third-order valence-electron chi connectivity index (χ3n) is 4.59. The second kappa shape index (κ2) is 8.89. The van der Waals surface area contributed by atoms with E-state index in [-0.39, 0.29) is 36.7 Å². The largest absolute Gasteiger partial charge is 0.481 e. The quantitative estimate of drug-likeness (QED) is 0.774. The first-order chi connectivity index (χ1) is 10.8. The van der Waals surface area contributed by atoms with Gasteiger partial charge in [-0.15, -0.1) is 0 Å². The van der Waals surface area contributed by atoms with E-state index in [0.29, 0.717) is 19.4 Å². The molecule has 0 spiro atoms. The molecule has 1 aliphatic heterocycles. The van der Waals surface area contributed by atoms with Gasteiger partial charge < -0.3 is 14.9 Å². The predicted molar refractivity (Wildman–Crippen MR) is 87.8 cm³/mol. The molecule has 0 aromatic rings. The van der Waals surface area contributed by atoms with Gasteiger partial charge in [-0.25, -0.2) is 0 Å². The van der Waals surface area contributed by atoms with Crippen molar-refractivity contribution in [1.82, 2.24) is 9.80 Å². The van der Waals surface area contributed by atoms with Crippen molar-refractivity contribution in [3.05, 3.63) is 0 Å². The normalized spacial score (nSPS) is 19.5. The summed E-state index contributed by atoms with van der Waals surface area (Å²) in [6.45, 7) is 6.95. The van der Waals surface area contributed by atoms with Crippen LogP contribution in [0.3, 0.4) is 0 Å². The number of carbonyl (C=O) groups excluding carboxylic acids is 2. The lowest BCUT2D eigenvalue weighted by molar-refractivity contribution is -0.148. The molecule has 1 rings (SSSR count). The molecular formula is C17H30N2O4. The number of carboxylic acids is 1. The molecule has 1 N–H and O–H groups in total. The number of carbonyl (C=O) groups is 3. The molecule has 1 fully saturated rings. The summed E-state index contributed by atoms with van der Waals surface area (Å²) in [5, 5.41) is 9.10. The summed E-state index contributed by atoms with van der Waals surface area (Å²) in [5.74, 6) is -1.32. The maximum absolute atomic E-state index is 12.5. The van der Waals surface area contributed by atoms with Crippen LogP contribution in [0.25, 0.3) is 0 Å². The van der Waals surface area contributed by atoms with Crippen LogP contribution in [0, 0.1) is 17.8 Å². The number of hydrogen-bond donors (Lipinski definition) is 1. The van der Waals surface area contributed by atoms with Crippen LogP contribution in [-0.4, -0.2) is 59.4 Å². The van der Waals surface area contributed by atoms with E-state index in [1.165, 1.54) is 4.90 Å². The smallest absolute Gasteiger partial charge is 0.308 e. The van der Waals surface area contributed by atoms with E-state index in [1.54, 1.807) is 11.9 Å². The number of amides is 2. The first-order valence-electron chi connectivity index (χ1n) is 8.53. The fourth-order valence-electron chi connectivity index (χ4n) is 3.12. The molecule has 23 heavy (non-hydrogen) atoms. The van der Waals surface area contributed by atoms with Crippen molar-refractivity contribution >= 4 is 17.8 Å². The van der Waals surface area contributed by atoms with Gasteiger partial charge in [0.1, 0.15) is 0 Å². The summed E-state index contributed by atoms with van der Waals surface area (Å²) in [4.78, 5) is 39.1. The summed E-state index contributed by atoms with van der Waals surface area (Å²) in [6, 6.07) is 0. The summed E-state index contributed by atoms with van der Waals surface area (Å²) < 4.78 is 0. The lowest BCUT2D eigenvalue weighted by Gasteiger charge is -2.33. The first-order valence-corrected chi connectivity index (χ1v) is 8.53. The number of likely N-dealkylation sites (tertiary alicyclic amines) is 1. The van der Waals surface area contributed by atoms with Gasteiger partial charge in [0.05, 0.1) is 12.5 Å². The molecule has 2 amide bonds. The van der Waals surface area contributed by atoms with Crippen LogP contribution in [0.15, 0.2) is 0 Å². The van der Waals surface area contributed by atoms with Crippen LogP contribution in [0.4, 0.5) is 0 Å². The van der Waals surface area contributed by atoms with Crippen LogP contribution in [0.2, 0.25) is 0 Å². The van der Waals surface area contributed by atoms with Crippen molar-refractivity contribution in [2.75, 3.05) is 26.7 Å². The SMILES string of the molecule is CCCC(C(=O)N(C)CC(=O)N1CCCC(C(=O)O)C1)C(C)C. The highest BCUT2D eigenvalue weighted by molar-refractivity contribution is 5.86. The molecule has 1 aliphatic rings. The van der Waals surface area contributed by atoms with Crippen LogP contribution in [0.1, 0.15) is 46.5 Å². The highest BCUT2D eigenvalue weighted by Crippen LogP contribution is 2.20. The van der Waals surface area contributed by atoms with E-state index >= 15 is 0 Å². The van der Waals surface area contributed by atoms with Crippen LogP contribution >= 0.6 is 0 Å². The molecule has 6 nitrogen and oxygen atoms in total. The zero-order chi connectivity index (χ0) is 17.6. The van der Waals surface area contributed by atoms with Gasteiger partial charge in [0.25, 0.3) is 0 Å². The molecular weight excluding hydrogens is 296 g/mol. The lowest BCUT2D eigenvalue weighted by atomic mass is 9.90. The number of likely N-dealkylation sites (N-methyl/N-ethyl adjacent to an activating group) is 1. The van der Waals surface area contributed by atoms with Gasteiger partial charge in [0, 0.05) is 26.1 Å². The Morgan fingerprint density at radius 1 is 1.30 bits per heavy atom. The summed E-state index contributed by atoms with van der Waals surface area (Å²) in [6.07, 6.45) is 3.06. The van der Waals surface area contributed by atoms with Crippen molar-refractivity contribution < 1.29 is 19.5 Å². The van der Waals surface area contributed by atoms with E-state index < -0.39 is 11.9 Å². The zero-order valence-corrected chi connectivity index (χ0v) is 14.7. The van der Waals surface area contributed by atoms with E-state index in [4.69, 9.17) is 5.11 Å². The van der Waals surface area contributed by atoms with Crippen LogP contribution in [-0.2, 0) is 14.4 Å². The van der Waals surface area contributed by atoms with E-state index in [2.05, 4.69) is 0 Å². The summed E-state index contributed by atoms with van der Waals surface area (Å²) in [5.41, 5.74) is 0. The number of rotatable bonds is 7. The Morgan fingerprint density at radius 2 is 1.96 bits per heavy atom. The highest BCUT2D eigenvalue weighted by Gasteiger charge is 2.30. The van der Waals surface area contributed by atoms with Gasteiger partial charge in [0.15, 0.2) is 0 Å². The van der Waals surface area contributed by atoms with Gasteiger partial charge in [-0.05, 0) is 25.2 Å². The standard InChI is InChI=1S/C17H30N2O4/c1-5-7-14(12(2)3)16(21)18(4)11-15(20)19-9-6-8-13(10-19)17(22)23/h12-14H,5-11H2,1-4H3,(H,22,23). The minimum absolute atomic E-state index is 0.00185. The topological polar surface area (TPSA) is 77.9 Å². The van der Waals surface area contributed by atoms with Gasteiger partial charge in [-0.1, -0.05) is 27.2 Å². The van der Waals surface area contributed by atoms with Crippen molar-refractivity contribution in [3.8, 4) is 0 Å². The Hall–Kier alpha value is -1.59. The highest BCUT2D eigenvalue weighted by atomic mass is 16.4. The lowest BCUT2D eigenvalue weighted by Crippen LogP contribution is -2.48. The molecule has 2 unspecified atom stereocenters. The monoisotopic (exact) mass is 326 g/mol. The number of nitrogens with zero attached hydrogens (tertiary/aromatic N) is 2. The fraction of sp³-hybridized carbons (Fsp3) is 0.824. The maximum atomic E-state index is 12.5. The first kappa shape index (κ1) is 19.5. The Kier molecular flexibility index (Phi) is 7.52. The molecule has 0 saturated carbocycles. The second-order valence-corrected chi connectivity index (χ2v) is 6.85. The molecule has 0 aliphatic carbocycles. The molecule has 1 saturated heterocycles. The average Bonchev–Trinajstić information content (AvgIpc) is 2.51. The van der Waals surface area contributed by atoms with E-state index in [0.717, 1.165) is 12.8 Å². The molecule has 0 radical (unpaired) electrons. The maximum Gasteiger partial charge on any atom is 0.308 e. The predicted octanol–water partition coefficient (Wildman–Crippen LogP) is 1.84. The minimum atomic E-state index is -0.852. The van der Waals surface area contributed by atoms with Gasteiger partial charge >= 0.3 is 5.97 Å². The Labute approximate surface area is 138 Å². The average molecular weight is 326 g/mol. The van der Waals surface area contributed by atoms with Gasteiger partial charge in [-0.3, -0.25) is 14.4 Å². The van der Waals surface area contributed by atoms with Crippen molar-refractivity contribution in [2.45, 2.75) is 46.5 Å². The van der Waals surface area contributed by atoms with Gasteiger partial charge in [-0.2, -0.15) is 0 Å². The van der Waals surface area contributed by atoms with Gasteiger partial charge in [0.2, 0.25) is 11.8 Å². The Balaban J connectivity index is 2.61. The van der Waals surface area contributed by atoms with Crippen LogP contribution < -0.4 is 0 Å². The number of hydrogen-bond acceptors (Lipinski definition) is 3. The Morgan fingerprint density at radius 3 is 2.48 bits per heavy atom. The van der Waals surface area contributed by atoms with E-state index in [9.17, 15) is 14.4 Å². The third kappa shape index (κ3) is 5.52. The van der Waals surface area contributed by atoms with Crippen molar-refractivity contribution in [3.63, 3.8) is 0 Å². The van der Waals surface area contributed by atoms with E-state index in [1.807, 2.05) is 20.8 Å². The van der Waals surface area contributed by atoms with Crippen molar-refractivity contribution in [2.24, 2.45) is 17.8 Å². The number of carboxylic acid groups (broad SMARTS) is 1. The van der Waals surface area contributed by atoms with Crippen LogP contribution in [0.5, 0.6) is 0 Å². The molecule has 0 aromatic carbocycles. The second-order valence-electron chi connectivity index (χ2n) is 6.85. The number of piperidine rings is 1. The zero-order valence-electron chi connectivity index (χ0n) is 14.7. The molecule has 6 heteroatoms. The molecule has 1 heterocycles. The Bertz CT molecular complexity index is 436.